The zero-order chi connectivity index (χ0) is 7.28. The molecule has 0 atom stereocenters. The van der Waals surface area contributed by atoms with Gasteiger partial charge in [0.05, 0.1) is 0 Å². The highest BCUT2D eigenvalue weighted by atomic mass is 14.8. The lowest BCUT2D eigenvalue weighted by molar-refractivity contribution is 1.02. The third-order valence-electron chi connectivity index (χ3n) is 0.966. The summed E-state index contributed by atoms with van der Waals surface area (Å²) in [6.07, 6.45) is 1.68. The van der Waals surface area contributed by atoms with Crippen molar-refractivity contribution in [2.75, 3.05) is 7.05 Å². The molecular formula is C8H11N. The summed E-state index contributed by atoms with van der Waals surface area (Å²) in [5.41, 5.74) is 4.22. The summed E-state index contributed by atoms with van der Waals surface area (Å²) in [4.78, 5) is 0. The average molecular weight is 121 g/mol. The van der Waals surface area contributed by atoms with E-state index < -0.39 is 0 Å². The Labute approximate surface area is 56.1 Å². The van der Waals surface area contributed by atoms with Crippen LogP contribution in [0, 0.1) is 0 Å². The maximum atomic E-state index is 3.70. The molecule has 0 aromatic rings. The van der Waals surface area contributed by atoms with Gasteiger partial charge in [-0.05, 0) is 11.6 Å². The van der Waals surface area contributed by atoms with Gasteiger partial charge in [0.25, 0.3) is 0 Å². The van der Waals surface area contributed by atoms with Crippen molar-refractivity contribution >= 4 is 0 Å². The number of likely N-dealkylation sites (N-methyl/N-ethyl adjacent to an activating group) is 1. The monoisotopic (exact) mass is 121 g/mol. The largest absolute Gasteiger partial charge is 0.388 e. The van der Waals surface area contributed by atoms with Gasteiger partial charge in [-0.1, -0.05) is 19.7 Å². The molecule has 0 aliphatic heterocycles. The van der Waals surface area contributed by atoms with Crippen LogP contribution < -0.4 is 5.32 Å². The Morgan fingerprint density at radius 2 is 2.11 bits per heavy atom. The average Bonchev–Trinajstić information content (AvgIpc) is 1.87. The van der Waals surface area contributed by atoms with Gasteiger partial charge in [-0.15, -0.1) is 5.73 Å². The van der Waals surface area contributed by atoms with E-state index in [0.717, 1.165) is 11.3 Å². The zero-order valence-electron chi connectivity index (χ0n) is 5.70. The first-order valence-corrected chi connectivity index (χ1v) is 2.64. The van der Waals surface area contributed by atoms with E-state index in [9.17, 15) is 0 Å². The highest BCUT2D eigenvalue weighted by Crippen LogP contribution is 1.99. The lowest BCUT2D eigenvalue weighted by Gasteiger charge is -2.00. The van der Waals surface area contributed by atoms with E-state index in [1.807, 2.05) is 0 Å². The molecule has 0 aromatic carbocycles. The highest BCUT2D eigenvalue weighted by Gasteiger charge is 1.88. The van der Waals surface area contributed by atoms with Gasteiger partial charge < -0.3 is 5.32 Å². The number of rotatable bonds is 3. The first-order chi connectivity index (χ1) is 4.22. The maximum absolute atomic E-state index is 3.70. The van der Waals surface area contributed by atoms with Crippen molar-refractivity contribution in [3.8, 4) is 0 Å². The molecule has 48 valence electrons. The minimum absolute atomic E-state index is 0.797. The second-order valence-electron chi connectivity index (χ2n) is 1.60. The molecule has 1 heteroatoms. The van der Waals surface area contributed by atoms with Crippen LogP contribution in [0.4, 0.5) is 0 Å². The van der Waals surface area contributed by atoms with Gasteiger partial charge in [0.1, 0.15) is 0 Å². The zero-order valence-corrected chi connectivity index (χ0v) is 5.70. The van der Waals surface area contributed by atoms with Crippen LogP contribution in [0.25, 0.3) is 0 Å². The molecule has 0 unspecified atom stereocenters. The van der Waals surface area contributed by atoms with E-state index >= 15 is 0 Å². The van der Waals surface area contributed by atoms with E-state index in [1.54, 1.807) is 13.1 Å². The van der Waals surface area contributed by atoms with Crippen LogP contribution in [0.2, 0.25) is 0 Å². The first kappa shape index (κ1) is 7.80. The number of nitrogens with one attached hydrogen (secondary N) is 1. The molecule has 9 heavy (non-hydrogen) atoms. The number of allylic oxidation sites excluding steroid dienone is 1. The van der Waals surface area contributed by atoms with Gasteiger partial charge in [-0.3, -0.25) is 0 Å². The van der Waals surface area contributed by atoms with Crippen LogP contribution in [0.15, 0.2) is 42.8 Å². The van der Waals surface area contributed by atoms with Crippen molar-refractivity contribution in [1.82, 2.24) is 5.32 Å². The molecule has 1 nitrogen and oxygen atoms in total. The van der Waals surface area contributed by atoms with E-state index in [4.69, 9.17) is 0 Å². The smallest absolute Gasteiger partial charge is 0.0338 e. The van der Waals surface area contributed by atoms with E-state index in [2.05, 4.69) is 30.8 Å². The molecule has 0 aromatic heterocycles. The third-order valence-corrected chi connectivity index (χ3v) is 0.966. The predicted molar refractivity (Wildman–Crippen MR) is 41.0 cm³/mol. The summed E-state index contributed by atoms with van der Waals surface area (Å²) in [7, 11) is 1.80. The lowest BCUT2D eigenvalue weighted by Crippen LogP contribution is -2.04. The summed E-state index contributed by atoms with van der Waals surface area (Å²) in [5.74, 6) is 0. The van der Waals surface area contributed by atoms with E-state index in [1.165, 1.54) is 0 Å². The van der Waals surface area contributed by atoms with Crippen LogP contribution in [-0.4, -0.2) is 7.05 Å². The highest BCUT2D eigenvalue weighted by molar-refractivity contribution is 5.32. The third kappa shape index (κ3) is 2.58. The Morgan fingerprint density at radius 3 is 2.44 bits per heavy atom. The van der Waals surface area contributed by atoms with Gasteiger partial charge >= 0.3 is 0 Å². The molecule has 0 heterocycles. The molecule has 0 radical (unpaired) electrons. The predicted octanol–water partition coefficient (Wildman–Crippen LogP) is 1.62. The molecule has 1 N–H and O–H groups in total. The maximum Gasteiger partial charge on any atom is 0.0338 e. The van der Waals surface area contributed by atoms with Crippen LogP contribution in [0.5, 0.6) is 0 Å². The van der Waals surface area contributed by atoms with Gasteiger partial charge in [0, 0.05) is 12.7 Å². The molecule has 0 saturated carbocycles. The van der Waals surface area contributed by atoms with Crippen LogP contribution >= 0.6 is 0 Å². The van der Waals surface area contributed by atoms with E-state index in [-0.39, 0.29) is 0 Å². The molecule has 0 amide bonds. The second-order valence-corrected chi connectivity index (χ2v) is 1.60. The molecule has 0 aliphatic carbocycles. The van der Waals surface area contributed by atoms with Crippen LogP contribution in [0.1, 0.15) is 0 Å². The topological polar surface area (TPSA) is 12.0 Å². The van der Waals surface area contributed by atoms with Gasteiger partial charge in [0.15, 0.2) is 0 Å². The van der Waals surface area contributed by atoms with Crippen molar-refractivity contribution in [3.05, 3.63) is 42.8 Å². The molecule has 0 rings (SSSR count). The Hall–Kier alpha value is -1.20. The second kappa shape index (κ2) is 3.76. The van der Waals surface area contributed by atoms with Crippen LogP contribution in [0.3, 0.4) is 0 Å². The normalized spacial score (nSPS) is 7.22. The summed E-state index contributed by atoms with van der Waals surface area (Å²) in [6, 6.07) is 0. The SMILES string of the molecule is C=C=CC(=C)C(=C)NC. The molecule has 0 spiro atoms. The summed E-state index contributed by atoms with van der Waals surface area (Å²) in [5, 5.41) is 2.86. The van der Waals surface area contributed by atoms with Crippen molar-refractivity contribution < 1.29 is 0 Å². The Bertz CT molecular complexity index is 171. The standard InChI is InChI=1S/C8H11N/c1-5-6-7(2)8(3)9-4/h6,9H,1-3H2,4H3. The van der Waals surface area contributed by atoms with Crippen molar-refractivity contribution in [2.45, 2.75) is 0 Å². The lowest BCUT2D eigenvalue weighted by atomic mass is 10.2. The summed E-state index contributed by atoms with van der Waals surface area (Å²) < 4.78 is 0. The van der Waals surface area contributed by atoms with Crippen molar-refractivity contribution in [1.29, 1.82) is 0 Å². The number of hydrogen-bond donors (Lipinski definition) is 1. The summed E-state index contributed by atoms with van der Waals surface area (Å²) in [6.45, 7) is 10.8. The van der Waals surface area contributed by atoms with Crippen molar-refractivity contribution in [2.24, 2.45) is 0 Å². The van der Waals surface area contributed by atoms with Gasteiger partial charge in [0.2, 0.25) is 0 Å². The number of hydrogen-bond acceptors (Lipinski definition) is 1. The Balaban J connectivity index is 4.04. The molecular weight excluding hydrogens is 110 g/mol. The summed E-state index contributed by atoms with van der Waals surface area (Å²) >= 11 is 0. The molecule has 0 fully saturated rings. The quantitative estimate of drug-likeness (QED) is 0.442. The van der Waals surface area contributed by atoms with Gasteiger partial charge in [-0.2, -0.15) is 0 Å². The molecule has 0 bridgehead atoms. The van der Waals surface area contributed by atoms with E-state index in [0.29, 0.717) is 0 Å². The first-order valence-electron chi connectivity index (χ1n) is 2.64. The fourth-order valence-electron chi connectivity index (χ4n) is 0.371. The molecule has 0 saturated heterocycles. The van der Waals surface area contributed by atoms with Crippen molar-refractivity contribution in [3.63, 3.8) is 0 Å². The van der Waals surface area contributed by atoms with Gasteiger partial charge in [-0.25, -0.2) is 0 Å². The Morgan fingerprint density at radius 1 is 1.56 bits per heavy atom. The Kier molecular flexibility index (Phi) is 3.26. The minimum Gasteiger partial charge on any atom is -0.388 e. The fourth-order valence-corrected chi connectivity index (χ4v) is 0.371. The van der Waals surface area contributed by atoms with Crippen LogP contribution in [-0.2, 0) is 0 Å². The fraction of sp³-hybridized carbons (Fsp3) is 0.125. The minimum atomic E-state index is 0.797. The molecule has 0 aliphatic rings.